The molecule has 2 heterocycles. The molecule has 2 saturated heterocycles. The molecule has 0 radical (unpaired) electrons. The van der Waals surface area contributed by atoms with E-state index in [0.717, 1.165) is 12.8 Å². The molecule has 1 spiro atoms. The van der Waals surface area contributed by atoms with Crippen LogP contribution in [0, 0.1) is 10.8 Å². The molecule has 2 heteroatoms. The molecule has 14 heavy (non-hydrogen) atoms. The standard InChI is InChI=1S/C12H15NO/c1-2-11-4-3-8(11)13-9(7-11)12(5-6-12)10(13)14/h2,8-9H,1,3-7H2/t8?,9-,11-/m1/s1. The molecule has 2 nitrogen and oxygen atoms in total. The summed E-state index contributed by atoms with van der Waals surface area (Å²) in [6, 6.07) is 1.13. The average Bonchev–Trinajstić information content (AvgIpc) is 2.94. The van der Waals surface area contributed by atoms with Gasteiger partial charge in [0.15, 0.2) is 0 Å². The normalized spacial score (nSPS) is 50.6. The summed E-state index contributed by atoms with van der Waals surface area (Å²) in [5.74, 6) is 0.468. The van der Waals surface area contributed by atoms with Gasteiger partial charge in [0.25, 0.3) is 0 Å². The Morgan fingerprint density at radius 1 is 1.36 bits per heavy atom. The van der Waals surface area contributed by atoms with Gasteiger partial charge in [-0.05, 0) is 32.1 Å². The van der Waals surface area contributed by atoms with Crippen molar-refractivity contribution in [3.05, 3.63) is 12.7 Å². The van der Waals surface area contributed by atoms with Crippen LogP contribution in [-0.4, -0.2) is 22.9 Å². The topological polar surface area (TPSA) is 20.3 Å². The Kier molecular flexibility index (Phi) is 0.963. The van der Waals surface area contributed by atoms with Crippen LogP contribution < -0.4 is 0 Å². The SMILES string of the molecule is C=C[C@]12CCC1N1C(=O)C3(CC3)[C@H]1C2. The zero-order valence-electron chi connectivity index (χ0n) is 8.33. The highest BCUT2D eigenvalue weighted by Crippen LogP contribution is 2.70. The van der Waals surface area contributed by atoms with Gasteiger partial charge in [0.1, 0.15) is 0 Å². The lowest BCUT2D eigenvalue weighted by Gasteiger charge is -2.50. The van der Waals surface area contributed by atoms with Crippen molar-refractivity contribution in [3.63, 3.8) is 0 Å². The van der Waals surface area contributed by atoms with Gasteiger partial charge in [-0.1, -0.05) is 6.08 Å². The largest absolute Gasteiger partial charge is 0.334 e. The molecular weight excluding hydrogens is 174 g/mol. The Morgan fingerprint density at radius 3 is 2.64 bits per heavy atom. The zero-order valence-corrected chi connectivity index (χ0v) is 8.33. The van der Waals surface area contributed by atoms with Gasteiger partial charge in [0, 0.05) is 17.5 Å². The summed E-state index contributed by atoms with van der Waals surface area (Å²) in [6.45, 7) is 3.97. The minimum absolute atomic E-state index is 0.146. The highest BCUT2D eigenvalue weighted by atomic mass is 16.2. The predicted molar refractivity (Wildman–Crippen MR) is 52.6 cm³/mol. The molecule has 0 bridgehead atoms. The number of hydrogen-bond acceptors (Lipinski definition) is 1. The van der Waals surface area contributed by atoms with E-state index in [1.54, 1.807) is 0 Å². The Morgan fingerprint density at radius 2 is 2.14 bits per heavy atom. The van der Waals surface area contributed by atoms with Crippen LogP contribution in [0.3, 0.4) is 0 Å². The molecule has 1 unspecified atom stereocenters. The molecular formula is C12H15NO. The van der Waals surface area contributed by atoms with Crippen molar-refractivity contribution in [1.29, 1.82) is 0 Å². The summed E-state index contributed by atoms with van der Waals surface area (Å²) < 4.78 is 0. The Bertz CT molecular complexity index is 357. The Hall–Kier alpha value is -0.790. The highest BCUT2D eigenvalue weighted by Gasteiger charge is 2.76. The molecule has 4 rings (SSSR count). The van der Waals surface area contributed by atoms with Crippen LogP contribution in [0.25, 0.3) is 0 Å². The summed E-state index contributed by atoms with van der Waals surface area (Å²) >= 11 is 0. The first-order valence-corrected chi connectivity index (χ1v) is 5.70. The van der Waals surface area contributed by atoms with Crippen LogP contribution in [0.15, 0.2) is 12.7 Å². The van der Waals surface area contributed by atoms with Gasteiger partial charge in [-0.2, -0.15) is 0 Å². The second-order valence-corrected chi connectivity index (χ2v) is 5.58. The summed E-state index contributed by atoms with van der Waals surface area (Å²) in [4.78, 5) is 14.2. The lowest BCUT2D eigenvalue weighted by molar-refractivity contribution is -0.161. The van der Waals surface area contributed by atoms with Crippen molar-refractivity contribution in [2.75, 3.05) is 0 Å². The molecule has 2 aliphatic carbocycles. The fraction of sp³-hybridized carbons (Fsp3) is 0.750. The molecule has 4 aliphatic rings. The van der Waals surface area contributed by atoms with Gasteiger partial charge in [0.05, 0.1) is 5.41 Å². The number of carbonyl (C=O) groups is 1. The highest BCUT2D eigenvalue weighted by molar-refractivity contribution is 5.94. The first-order chi connectivity index (χ1) is 6.73. The van der Waals surface area contributed by atoms with Crippen molar-refractivity contribution in [3.8, 4) is 0 Å². The van der Waals surface area contributed by atoms with E-state index in [-0.39, 0.29) is 5.41 Å². The fourth-order valence-corrected chi connectivity index (χ4v) is 4.06. The average molecular weight is 189 g/mol. The number of rotatable bonds is 1. The zero-order chi connectivity index (χ0) is 9.55. The molecule has 74 valence electrons. The quantitative estimate of drug-likeness (QED) is 0.454. The van der Waals surface area contributed by atoms with E-state index >= 15 is 0 Å². The lowest BCUT2D eigenvalue weighted by Crippen LogP contribution is -2.63. The van der Waals surface area contributed by atoms with Crippen LogP contribution in [0.4, 0.5) is 0 Å². The minimum Gasteiger partial charge on any atom is -0.334 e. The molecule has 0 N–H and O–H groups in total. The van der Waals surface area contributed by atoms with Crippen LogP contribution in [-0.2, 0) is 4.79 Å². The van der Waals surface area contributed by atoms with E-state index in [1.807, 2.05) is 0 Å². The minimum atomic E-state index is 0.146. The van der Waals surface area contributed by atoms with Crippen LogP contribution in [0.5, 0.6) is 0 Å². The molecule has 3 atom stereocenters. The summed E-state index contributed by atoms with van der Waals surface area (Å²) in [5, 5.41) is 0. The number of β-lactam (4-membered cyclic amide) rings is 1. The number of carbonyl (C=O) groups excluding carboxylic acids is 1. The maximum absolute atomic E-state index is 12.0. The summed E-state index contributed by atoms with van der Waals surface area (Å²) in [5.41, 5.74) is 0.472. The van der Waals surface area contributed by atoms with E-state index in [1.165, 1.54) is 19.3 Å². The maximum atomic E-state index is 12.0. The first-order valence-electron chi connectivity index (χ1n) is 5.70. The van der Waals surface area contributed by atoms with Gasteiger partial charge in [-0.15, -0.1) is 6.58 Å². The van der Waals surface area contributed by atoms with E-state index in [9.17, 15) is 4.79 Å². The number of fused-ring (bicyclic) bond motifs is 4. The smallest absolute Gasteiger partial charge is 0.231 e. The van der Waals surface area contributed by atoms with E-state index < -0.39 is 0 Å². The lowest BCUT2D eigenvalue weighted by atomic mass is 9.64. The predicted octanol–water partition coefficient (Wildman–Crippen LogP) is 1.72. The number of hydrogen-bond donors (Lipinski definition) is 0. The van der Waals surface area contributed by atoms with Gasteiger partial charge in [-0.3, -0.25) is 4.79 Å². The number of nitrogens with zero attached hydrogens (tertiary/aromatic N) is 1. The van der Waals surface area contributed by atoms with Crippen molar-refractivity contribution in [2.24, 2.45) is 10.8 Å². The molecule has 4 fully saturated rings. The van der Waals surface area contributed by atoms with Crippen LogP contribution in [0.1, 0.15) is 32.1 Å². The molecule has 0 aromatic heterocycles. The molecule has 0 aromatic carbocycles. The maximum Gasteiger partial charge on any atom is 0.231 e. The van der Waals surface area contributed by atoms with Crippen molar-refractivity contribution >= 4 is 5.91 Å². The van der Waals surface area contributed by atoms with E-state index in [2.05, 4.69) is 17.6 Å². The van der Waals surface area contributed by atoms with Crippen LogP contribution >= 0.6 is 0 Å². The van der Waals surface area contributed by atoms with Gasteiger partial charge < -0.3 is 4.90 Å². The Labute approximate surface area is 84.0 Å². The third-order valence-corrected chi connectivity index (χ3v) is 5.29. The number of amides is 1. The van der Waals surface area contributed by atoms with Crippen LogP contribution in [0.2, 0.25) is 0 Å². The molecule has 2 saturated carbocycles. The third kappa shape index (κ3) is 0.503. The first kappa shape index (κ1) is 7.49. The van der Waals surface area contributed by atoms with Crippen molar-refractivity contribution in [2.45, 2.75) is 44.2 Å². The third-order valence-electron chi connectivity index (χ3n) is 5.29. The molecule has 0 aromatic rings. The monoisotopic (exact) mass is 189 g/mol. The summed E-state index contributed by atoms with van der Waals surface area (Å²) in [7, 11) is 0. The van der Waals surface area contributed by atoms with Gasteiger partial charge in [-0.25, -0.2) is 0 Å². The fourth-order valence-electron chi connectivity index (χ4n) is 4.06. The van der Waals surface area contributed by atoms with E-state index in [4.69, 9.17) is 0 Å². The van der Waals surface area contributed by atoms with E-state index in [0.29, 0.717) is 23.4 Å². The van der Waals surface area contributed by atoms with Crippen molar-refractivity contribution in [1.82, 2.24) is 4.90 Å². The second-order valence-electron chi connectivity index (χ2n) is 5.58. The Balaban J connectivity index is 1.76. The molecule has 2 aliphatic heterocycles. The second kappa shape index (κ2) is 1.80. The van der Waals surface area contributed by atoms with Gasteiger partial charge in [0.2, 0.25) is 5.91 Å². The van der Waals surface area contributed by atoms with Crippen molar-refractivity contribution < 1.29 is 4.79 Å². The van der Waals surface area contributed by atoms with Gasteiger partial charge >= 0.3 is 0 Å². The molecule has 1 amide bonds. The summed E-state index contributed by atoms with van der Waals surface area (Å²) in [6.07, 6.45) is 8.14.